The Balaban J connectivity index is 1.84. The Hall–Kier alpha value is -2.43. The van der Waals surface area contributed by atoms with Gasteiger partial charge in [-0.1, -0.05) is 19.1 Å². The Kier molecular flexibility index (Phi) is 4.28. The van der Waals surface area contributed by atoms with Crippen molar-refractivity contribution in [2.75, 3.05) is 10.6 Å². The number of carbonyl (C=O) groups is 1. The highest BCUT2D eigenvalue weighted by Crippen LogP contribution is 2.30. The summed E-state index contributed by atoms with van der Waals surface area (Å²) in [5.74, 6) is -1.14. The number of anilines is 2. The van der Waals surface area contributed by atoms with Crippen molar-refractivity contribution >= 4 is 17.3 Å². The average molecular weight is 316 g/mol. The van der Waals surface area contributed by atoms with Crippen molar-refractivity contribution in [1.29, 1.82) is 0 Å². The molecule has 0 aromatic heterocycles. The standard InChI is InChI=1S/C18H18F2N2O/c1-2-16(14-7-5-12(19)9-15(14)20)21-13-6-3-11-4-8-18(23)22-17(11)10-13/h3,5-7,9-10,16,21H,2,4,8H2,1H3,(H,22,23). The SMILES string of the molecule is CCC(Nc1ccc2c(c1)NC(=O)CC2)c1ccc(F)cc1F. The first-order valence-corrected chi connectivity index (χ1v) is 7.71. The molecule has 1 aliphatic rings. The maximum absolute atomic E-state index is 14.0. The number of halogens is 2. The topological polar surface area (TPSA) is 41.1 Å². The van der Waals surface area contributed by atoms with Crippen LogP contribution in [0.25, 0.3) is 0 Å². The van der Waals surface area contributed by atoms with Gasteiger partial charge >= 0.3 is 0 Å². The number of amides is 1. The smallest absolute Gasteiger partial charge is 0.224 e. The van der Waals surface area contributed by atoms with Gasteiger partial charge in [0.15, 0.2) is 0 Å². The molecular weight excluding hydrogens is 298 g/mol. The van der Waals surface area contributed by atoms with Gasteiger partial charge in [-0.2, -0.15) is 0 Å². The van der Waals surface area contributed by atoms with E-state index in [9.17, 15) is 13.6 Å². The van der Waals surface area contributed by atoms with Gasteiger partial charge in [0.25, 0.3) is 0 Å². The molecule has 1 unspecified atom stereocenters. The Bertz CT molecular complexity index is 746. The van der Waals surface area contributed by atoms with E-state index in [4.69, 9.17) is 0 Å². The zero-order valence-electron chi connectivity index (χ0n) is 12.8. The van der Waals surface area contributed by atoms with Gasteiger partial charge in [-0.25, -0.2) is 8.78 Å². The van der Waals surface area contributed by atoms with Crippen LogP contribution in [0.2, 0.25) is 0 Å². The van der Waals surface area contributed by atoms with Crippen LogP contribution >= 0.6 is 0 Å². The van der Waals surface area contributed by atoms with Crippen molar-refractivity contribution in [3.63, 3.8) is 0 Å². The van der Waals surface area contributed by atoms with Crippen molar-refractivity contribution in [2.45, 2.75) is 32.2 Å². The van der Waals surface area contributed by atoms with Gasteiger partial charge in [0.1, 0.15) is 11.6 Å². The first kappa shape index (κ1) is 15.5. The van der Waals surface area contributed by atoms with Crippen molar-refractivity contribution in [2.24, 2.45) is 0 Å². The molecule has 1 atom stereocenters. The predicted molar refractivity (Wildman–Crippen MR) is 86.4 cm³/mol. The van der Waals surface area contributed by atoms with Gasteiger partial charge in [-0.3, -0.25) is 4.79 Å². The fraction of sp³-hybridized carbons (Fsp3) is 0.278. The molecule has 2 aromatic carbocycles. The molecule has 2 aromatic rings. The maximum Gasteiger partial charge on any atom is 0.224 e. The van der Waals surface area contributed by atoms with E-state index in [1.807, 2.05) is 25.1 Å². The number of carbonyl (C=O) groups excluding carboxylic acids is 1. The zero-order chi connectivity index (χ0) is 16.4. The van der Waals surface area contributed by atoms with Gasteiger partial charge in [-0.05, 0) is 36.6 Å². The number of rotatable bonds is 4. The Labute approximate surface area is 133 Å². The van der Waals surface area contributed by atoms with Crippen molar-refractivity contribution in [1.82, 2.24) is 0 Å². The van der Waals surface area contributed by atoms with E-state index in [1.165, 1.54) is 12.1 Å². The molecule has 2 N–H and O–H groups in total. The molecule has 0 bridgehead atoms. The summed E-state index contributed by atoms with van der Waals surface area (Å²) in [6, 6.07) is 9.09. The summed E-state index contributed by atoms with van der Waals surface area (Å²) in [5, 5.41) is 6.10. The number of hydrogen-bond donors (Lipinski definition) is 2. The van der Waals surface area contributed by atoms with Crippen LogP contribution in [0.15, 0.2) is 36.4 Å². The molecule has 1 aliphatic heterocycles. The highest BCUT2D eigenvalue weighted by Gasteiger charge is 2.17. The number of hydrogen-bond acceptors (Lipinski definition) is 2. The lowest BCUT2D eigenvalue weighted by Crippen LogP contribution is -2.19. The second-order valence-electron chi connectivity index (χ2n) is 5.69. The maximum atomic E-state index is 14.0. The lowest BCUT2D eigenvalue weighted by atomic mass is 10.0. The lowest BCUT2D eigenvalue weighted by molar-refractivity contribution is -0.116. The van der Waals surface area contributed by atoms with Crippen LogP contribution in [0.4, 0.5) is 20.2 Å². The highest BCUT2D eigenvalue weighted by atomic mass is 19.1. The molecule has 0 aliphatic carbocycles. The minimum atomic E-state index is -0.586. The molecule has 0 saturated heterocycles. The van der Waals surface area contributed by atoms with Crippen LogP contribution in [-0.4, -0.2) is 5.91 Å². The van der Waals surface area contributed by atoms with E-state index in [2.05, 4.69) is 10.6 Å². The molecule has 0 radical (unpaired) electrons. The monoisotopic (exact) mass is 316 g/mol. The third-order valence-corrected chi connectivity index (χ3v) is 4.09. The average Bonchev–Trinajstić information content (AvgIpc) is 2.52. The number of aryl methyl sites for hydroxylation is 1. The van der Waals surface area contributed by atoms with E-state index >= 15 is 0 Å². The molecule has 5 heteroatoms. The Morgan fingerprint density at radius 2 is 2.00 bits per heavy atom. The molecule has 0 fully saturated rings. The fourth-order valence-electron chi connectivity index (χ4n) is 2.85. The second kappa shape index (κ2) is 6.36. The van der Waals surface area contributed by atoms with Crippen LogP contribution in [-0.2, 0) is 11.2 Å². The van der Waals surface area contributed by atoms with Gasteiger partial charge in [0.05, 0.1) is 6.04 Å². The van der Waals surface area contributed by atoms with Crippen LogP contribution in [0.1, 0.15) is 36.9 Å². The minimum Gasteiger partial charge on any atom is -0.378 e. The van der Waals surface area contributed by atoms with Crippen LogP contribution in [0.5, 0.6) is 0 Å². The van der Waals surface area contributed by atoms with Gasteiger partial charge in [0.2, 0.25) is 5.91 Å². The predicted octanol–water partition coefficient (Wildman–Crippen LogP) is 4.41. The molecule has 3 nitrogen and oxygen atoms in total. The quantitative estimate of drug-likeness (QED) is 0.877. The molecular formula is C18H18F2N2O. The van der Waals surface area contributed by atoms with Crippen LogP contribution < -0.4 is 10.6 Å². The van der Waals surface area contributed by atoms with Crippen molar-refractivity contribution in [3.8, 4) is 0 Å². The molecule has 1 heterocycles. The van der Waals surface area contributed by atoms with Gasteiger partial charge in [0, 0.05) is 29.4 Å². The second-order valence-corrected chi connectivity index (χ2v) is 5.69. The van der Waals surface area contributed by atoms with E-state index in [-0.39, 0.29) is 11.9 Å². The number of fused-ring (bicyclic) bond motifs is 1. The fourth-order valence-corrected chi connectivity index (χ4v) is 2.85. The van der Waals surface area contributed by atoms with Crippen LogP contribution in [0, 0.1) is 11.6 Å². The molecule has 120 valence electrons. The third-order valence-electron chi connectivity index (χ3n) is 4.09. The van der Waals surface area contributed by atoms with E-state index in [0.717, 1.165) is 29.4 Å². The van der Waals surface area contributed by atoms with Crippen LogP contribution in [0.3, 0.4) is 0 Å². The van der Waals surface area contributed by atoms with Crippen molar-refractivity contribution < 1.29 is 13.6 Å². The summed E-state index contributed by atoms with van der Waals surface area (Å²) in [4.78, 5) is 11.5. The first-order valence-electron chi connectivity index (χ1n) is 7.71. The summed E-state index contributed by atoms with van der Waals surface area (Å²) in [5.41, 5.74) is 3.11. The molecule has 0 spiro atoms. The summed E-state index contributed by atoms with van der Waals surface area (Å²) < 4.78 is 27.0. The lowest BCUT2D eigenvalue weighted by Gasteiger charge is -2.22. The zero-order valence-corrected chi connectivity index (χ0v) is 12.8. The summed E-state index contributed by atoms with van der Waals surface area (Å²) in [7, 11) is 0. The van der Waals surface area contributed by atoms with E-state index in [0.29, 0.717) is 18.4 Å². The van der Waals surface area contributed by atoms with Gasteiger partial charge in [-0.15, -0.1) is 0 Å². The molecule has 23 heavy (non-hydrogen) atoms. The van der Waals surface area contributed by atoms with Gasteiger partial charge < -0.3 is 10.6 Å². The highest BCUT2D eigenvalue weighted by molar-refractivity contribution is 5.94. The largest absolute Gasteiger partial charge is 0.378 e. The molecule has 1 amide bonds. The normalized spacial score (nSPS) is 14.8. The Morgan fingerprint density at radius 3 is 2.74 bits per heavy atom. The Morgan fingerprint density at radius 1 is 1.17 bits per heavy atom. The third kappa shape index (κ3) is 3.33. The molecule has 0 saturated carbocycles. The number of nitrogens with one attached hydrogen (secondary N) is 2. The summed E-state index contributed by atoms with van der Waals surface area (Å²) >= 11 is 0. The first-order chi connectivity index (χ1) is 11.1. The minimum absolute atomic E-state index is 0.00581. The summed E-state index contributed by atoms with van der Waals surface area (Å²) in [6.07, 6.45) is 1.87. The van der Waals surface area contributed by atoms with E-state index < -0.39 is 11.6 Å². The van der Waals surface area contributed by atoms with Crippen molar-refractivity contribution in [3.05, 3.63) is 59.2 Å². The molecule has 3 rings (SSSR count). The number of benzene rings is 2. The van der Waals surface area contributed by atoms with E-state index in [1.54, 1.807) is 0 Å². The summed E-state index contributed by atoms with van der Waals surface area (Å²) in [6.45, 7) is 1.93.